The minimum Gasteiger partial charge on any atom is -0.392 e. The second-order valence-electron chi connectivity index (χ2n) is 3.85. The average molecular weight is 252 g/mol. The van der Waals surface area contributed by atoms with Crippen LogP contribution in [0.3, 0.4) is 0 Å². The molecule has 1 aromatic carbocycles. The summed E-state index contributed by atoms with van der Waals surface area (Å²) in [5.74, 6) is 0. The molecule has 4 heteroatoms. The van der Waals surface area contributed by atoms with Crippen LogP contribution >= 0.6 is 0 Å². The van der Waals surface area contributed by atoms with E-state index in [1.54, 1.807) is 0 Å². The number of carbonyl (C=O) groups excluding carboxylic acids is 1. The van der Waals surface area contributed by atoms with Gasteiger partial charge in [-0.3, -0.25) is 4.79 Å². The molecule has 0 aliphatic carbocycles. The molecule has 0 spiro atoms. The number of benzene rings is 1. The highest BCUT2D eigenvalue weighted by molar-refractivity contribution is 6.83. The van der Waals surface area contributed by atoms with Crippen molar-refractivity contribution in [2.45, 2.75) is 27.7 Å². The van der Waals surface area contributed by atoms with Crippen molar-refractivity contribution in [3.8, 4) is 0 Å². The lowest BCUT2D eigenvalue weighted by molar-refractivity contribution is 0.0982. The molecule has 0 N–H and O–H groups in total. The molecule has 1 rings (SSSR count). The predicted molar refractivity (Wildman–Crippen MR) is 70.6 cm³/mol. The van der Waals surface area contributed by atoms with E-state index in [1.165, 1.54) is 0 Å². The van der Waals surface area contributed by atoms with Crippen LogP contribution in [0.15, 0.2) is 18.2 Å². The number of hydrogen-bond donors (Lipinski definition) is 0. The number of carbonyl (C=O) groups is 1. The van der Waals surface area contributed by atoms with Crippen LogP contribution in [0.1, 0.15) is 35.3 Å². The molecule has 0 atom stereocenters. The zero-order valence-electron chi connectivity index (χ0n) is 10.9. The Balaban J connectivity index is 2.96. The second kappa shape index (κ2) is 6.69. The fourth-order valence-corrected chi connectivity index (χ4v) is 3.22. The Labute approximate surface area is 105 Å². The van der Waals surface area contributed by atoms with E-state index in [-0.39, 0.29) is 5.41 Å². The van der Waals surface area contributed by atoms with Gasteiger partial charge in [-0.2, -0.15) is 0 Å². The fourth-order valence-electron chi connectivity index (χ4n) is 1.65. The zero-order chi connectivity index (χ0) is 12.8. The van der Waals surface area contributed by atoms with Crippen LogP contribution in [0.25, 0.3) is 0 Å². The van der Waals surface area contributed by atoms with Crippen molar-refractivity contribution in [2.24, 2.45) is 0 Å². The molecule has 0 aliphatic heterocycles. The second-order valence-corrected chi connectivity index (χ2v) is 5.71. The van der Waals surface area contributed by atoms with E-state index in [2.05, 4.69) is 0 Å². The third-order valence-corrected chi connectivity index (χ3v) is 4.73. The largest absolute Gasteiger partial charge is 0.399 e. The van der Waals surface area contributed by atoms with Gasteiger partial charge in [-0.1, -0.05) is 18.2 Å². The summed E-state index contributed by atoms with van der Waals surface area (Å²) in [5.41, 5.74) is 2.88. The van der Waals surface area contributed by atoms with Gasteiger partial charge in [-0.25, -0.2) is 0 Å². The van der Waals surface area contributed by atoms with Gasteiger partial charge in [0.15, 0.2) is 5.41 Å². The van der Waals surface area contributed by atoms with Crippen LogP contribution in [-0.4, -0.2) is 27.9 Å². The third-order valence-electron chi connectivity index (χ3n) is 2.72. The Morgan fingerprint density at radius 2 is 1.76 bits per heavy atom. The first kappa shape index (κ1) is 14.1. The van der Waals surface area contributed by atoms with Crippen molar-refractivity contribution in [1.82, 2.24) is 0 Å². The summed E-state index contributed by atoms with van der Waals surface area (Å²) in [7, 11) is -2.24. The van der Waals surface area contributed by atoms with Crippen LogP contribution in [0.2, 0.25) is 0 Å². The molecule has 1 aromatic rings. The Bertz CT molecular complexity index is 384. The number of aryl methyl sites for hydroxylation is 1. The SMILES string of the molecule is CCO[SiH](OCC)C(=O)c1cccc(C)c1C. The first-order chi connectivity index (χ1) is 8.11. The van der Waals surface area contributed by atoms with Crippen LogP contribution in [-0.2, 0) is 8.85 Å². The topological polar surface area (TPSA) is 35.5 Å². The Morgan fingerprint density at radius 1 is 1.18 bits per heavy atom. The Hall–Kier alpha value is -0.973. The molecular weight excluding hydrogens is 232 g/mol. The van der Waals surface area contributed by atoms with Crippen molar-refractivity contribution in [1.29, 1.82) is 0 Å². The molecule has 3 nitrogen and oxygen atoms in total. The van der Waals surface area contributed by atoms with E-state index in [4.69, 9.17) is 8.85 Å². The minimum atomic E-state index is -2.24. The van der Waals surface area contributed by atoms with Crippen LogP contribution in [0.5, 0.6) is 0 Å². The van der Waals surface area contributed by atoms with E-state index in [9.17, 15) is 4.79 Å². The smallest absolute Gasteiger partial charge is 0.392 e. The summed E-state index contributed by atoms with van der Waals surface area (Å²) < 4.78 is 10.9. The fraction of sp³-hybridized carbons (Fsp3) is 0.462. The first-order valence-electron chi connectivity index (χ1n) is 5.95. The van der Waals surface area contributed by atoms with Gasteiger partial charge in [-0.15, -0.1) is 0 Å². The maximum atomic E-state index is 12.3. The molecule has 0 aliphatic rings. The standard InChI is InChI=1S/C13H20O3Si/c1-5-15-17(16-6-2)13(14)12-9-7-8-10(3)11(12)4/h7-9,17H,5-6H2,1-4H3. The van der Waals surface area contributed by atoms with Crippen molar-refractivity contribution >= 4 is 14.7 Å². The van der Waals surface area contributed by atoms with Gasteiger partial charge in [0.05, 0.1) is 0 Å². The number of hydrogen-bond acceptors (Lipinski definition) is 3. The molecule has 0 heterocycles. The molecule has 0 aromatic heterocycles. The van der Waals surface area contributed by atoms with Gasteiger partial charge >= 0.3 is 9.28 Å². The molecule has 0 radical (unpaired) electrons. The van der Waals surface area contributed by atoms with E-state index < -0.39 is 9.28 Å². The summed E-state index contributed by atoms with van der Waals surface area (Å²) in [6, 6.07) is 5.76. The van der Waals surface area contributed by atoms with Gasteiger partial charge in [0.2, 0.25) is 0 Å². The summed E-state index contributed by atoms with van der Waals surface area (Å²) >= 11 is 0. The number of rotatable bonds is 6. The van der Waals surface area contributed by atoms with Crippen molar-refractivity contribution < 1.29 is 13.6 Å². The lowest BCUT2D eigenvalue weighted by Crippen LogP contribution is -2.34. The van der Waals surface area contributed by atoms with Gasteiger partial charge < -0.3 is 8.85 Å². The van der Waals surface area contributed by atoms with Gasteiger partial charge in [-0.05, 0) is 38.8 Å². The van der Waals surface area contributed by atoms with E-state index in [0.29, 0.717) is 13.2 Å². The lowest BCUT2D eigenvalue weighted by atomic mass is 10.0. The quantitative estimate of drug-likeness (QED) is 0.729. The van der Waals surface area contributed by atoms with E-state index >= 15 is 0 Å². The van der Waals surface area contributed by atoms with E-state index in [0.717, 1.165) is 16.7 Å². The molecular formula is C13H20O3Si. The highest BCUT2D eigenvalue weighted by atomic mass is 28.3. The minimum absolute atomic E-state index is 0.0369. The third kappa shape index (κ3) is 3.49. The molecule has 17 heavy (non-hydrogen) atoms. The predicted octanol–water partition coefficient (Wildman–Crippen LogP) is 2.32. The summed E-state index contributed by atoms with van der Waals surface area (Å²) in [6.45, 7) is 8.78. The molecule has 0 saturated carbocycles. The van der Waals surface area contributed by atoms with Crippen molar-refractivity contribution in [2.75, 3.05) is 13.2 Å². The Morgan fingerprint density at radius 3 is 2.29 bits per heavy atom. The summed E-state index contributed by atoms with van der Waals surface area (Å²) in [5, 5.41) is 0.0369. The summed E-state index contributed by atoms with van der Waals surface area (Å²) in [4.78, 5) is 12.3. The lowest BCUT2D eigenvalue weighted by Gasteiger charge is -2.15. The highest BCUT2D eigenvalue weighted by Crippen LogP contribution is 2.15. The van der Waals surface area contributed by atoms with Crippen molar-refractivity contribution in [3.05, 3.63) is 34.9 Å². The highest BCUT2D eigenvalue weighted by Gasteiger charge is 2.26. The van der Waals surface area contributed by atoms with E-state index in [1.807, 2.05) is 45.9 Å². The van der Waals surface area contributed by atoms with Gasteiger partial charge in [0.25, 0.3) is 0 Å². The van der Waals surface area contributed by atoms with Crippen LogP contribution < -0.4 is 0 Å². The Kier molecular flexibility index (Phi) is 5.54. The molecule has 0 saturated heterocycles. The average Bonchev–Trinajstić information content (AvgIpc) is 2.31. The molecule has 0 bridgehead atoms. The van der Waals surface area contributed by atoms with Crippen LogP contribution in [0, 0.1) is 13.8 Å². The molecule has 0 fully saturated rings. The monoisotopic (exact) mass is 252 g/mol. The molecule has 94 valence electrons. The normalized spacial score (nSPS) is 10.9. The van der Waals surface area contributed by atoms with Gasteiger partial charge in [0.1, 0.15) is 0 Å². The van der Waals surface area contributed by atoms with Gasteiger partial charge in [0, 0.05) is 18.8 Å². The summed E-state index contributed by atoms with van der Waals surface area (Å²) in [6.07, 6.45) is 0. The molecule has 0 amide bonds. The van der Waals surface area contributed by atoms with Crippen LogP contribution in [0.4, 0.5) is 0 Å². The zero-order valence-corrected chi connectivity index (χ0v) is 12.1. The maximum Gasteiger partial charge on any atom is 0.399 e. The maximum absolute atomic E-state index is 12.3. The first-order valence-corrected chi connectivity index (χ1v) is 7.47. The van der Waals surface area contributed by atoms with Crippen molar-refractivity contribution in [3.63, 3.8) is 0 Å². The molecule has 0 unspecified atom stereocenters.